The van der Waals surface area contributed by atoms with Crippen LogP contribution in [0, 0.1) is 0 Å². The minimum Gasteiger partial charge on any atom is -0.463 e. The molecule has 0 saturated heterocycles. The van der Waals surface area contributed by atoms with Crippen molar-refractivity contribution < 1.29 is 75.8 Å². The molecule has 0 aromatic carbocycles. The molecular weight excluding hydrogens is 1310 g/mol. The monoisotopic (exact) mass is 1450 g/mol. The molecule has 0 rings (SSSR count). The smallest absolute Gasteiger partial charge is 0.463 e. The third-order valence-electron chi connectivity index (χ3n) is 15.1. The van der Waals surface area contributed by atoms with E-state index in [0.29, 0.717) is 19.3 Å². The van der Waals surface area contributed by atoms with E-state index in [1.165, 1.54) is 0 Å². The fraction of sp³-hybridized carbons (Fsp3) is 0.602. The van der Waals surface area contributed by atoms with Gasteiger partial charge in [-0.15, -0.1) is 0 Å². The largest absolute Gasteiger partial charge is 0.472 e. The second kappa shape index (κ2) is 74.4. The van der Waals surface area contributed by atoms with Gasteiger partial charge in [0.1, 0.15) is 25.4 Å². The van der Waals surface area contributed by atoms with Gasteiger partial charge < -0.3 is 34.2 Å². The molecule has 5 atom stereocenters. The van der Waals surface area contributed by atoms with E-state index in [1.807, 2.05) is 0 Å². The maximum Gasteiger partial charge on any atom is 0.472 e. The van der Waals surface area contributed by atoms with E-state index in [1.54, 1.807) is 0 Å². The Morgan fingerprint density at radius 1 is 0.277 bits per heavy atom. The van der Waals surface area contributed by atoms with Crippen molar-refractivity contribution in [2.75, 3.05) is 39.6 Å². The molecule has 0 radical (unpaired) electrons. The Labute approximate surface area is 611 Å². The van der Waals surface area contributed by atoms with Crippen molar-refractivity contribution in [3.63, 3.8) is 0 Å². The quantitative estimate of drug-likeness (QED) is 0.0146. The number of hydrogen-bond donors (Lipinski definition) is 4. The summed E-state index contributed by atoms with van der Waals surface area (Å²) in [6.07, 6.45) is 94.9. The van der Waals surface area contributed by atoms with Gasteiger partial charge in [-0.05, 0) is 154 Å². The number of unbranched alkanes of at least 4 members (excludes halogenated alkanes) is 17. The number of hydrogen-bond acceptors (Lipinski definition) is 14. The highest BCUT2D eigenvalue weighted by Crippen LogP contribution is 2.45. The molecule has 572 valence electrons. The predicted molar refractivity (Wildman–Crippen MR) is 417 cm³/mol. The SMILES string of the molecule is CC/C=C\C/C=C\C/C=C\C/C=C\C/C=C\C/C=C\CCCCCCCCC(=O)OCC(O)COP(=O)(O)OCC(O)COP(=O)(O)OCC(COC(=O)CCCCCCC/C=C\C/C=C\C/C=C\C/C=C\C/C=C\CC)OC(=O)CCCCCCCC/C=C\C/C=C\C/C=C\C/C=C\CC. The van der Waals surface area contributed by atoms with Gasteiger partial charge >= 0.3 is 33.6 Å². The molecule has 0 aliphatic carbocycles. The van der Waals surface area contributed by atoms with Crippen LogP contribution < -0.4 is 0 Å². The molecule has 0 saturated carbocycles. The van der Waals surface area contributed by atoms with Gasteiger partial charge in [0.05, 0.1) is 26.4 Å². The van der Waals surface area contributed by atoms with Gasteiger partial charge in [-0.2, -0.15) is 0 Å². The van der Waals surface area contributed by atoms with Crippen LogP contribution >= 0.6 is 15.6 Å². The van der Waals surface area contributed by atoms with Gasteiger partial charge in [-0.1, -0.05) is 274 Å². The Bertz CT molecular complexity index is 2570. The highest BCUT2D eigenvalue weighted by atomic mass is 31.2. The molecule has 18 heteroatoms. The van der Waals surface area contributed by atoms with Gasteiger partial charge in [0.2, 0.25) is 0 Å². The fourth-order valence-corrected chi connectivity index (χ4v) is 11.0. The lowest BCUT2D eigenvalue weighted by Gasteiger charge is -2.21. The van der Waals surface area contributed by atoms with Crippen LogP contribution in [-0.4, -0.2) is 95.9 Å². The molecule has 101 heavy (non-hydrogen) atoms. The summed E-state index contributed by atoms with van der Waals surface area (Å²) in [6.45, 7) is 2.26. The zero-order valence-corrected chi connectivity index (χ0v) is 64.0. The second-order valence-electron chi connectivity index (χ2n) is 24.7. The van der Waals surface area contributed by atoms with Crippen LogP contribution in [-0.2, 0) is 55.8 Å². The Morgan fingerprint density at radius 3 is 0.782 bits per heavy atom. The van der Waals surface area contributed by atoms with Crippen molar-refractivity contribution in [2.24, 2.45) is 0 Å². The van der Waals surface area contributed by atoms with Gasteiger partial charge in [-0.3, -0.25) is 32.5 Å². The minimum absolute atomic E-state index is 0.0760. The van der Waals surface area contributed by atoms with E-state index in [-0.39, 0.29) is 19.3 Å². The molecule has 5 unspecified atom stereocenters. The molecule has 0 amide bonds. The summed E-state index contributed by atoms with van der Waals surface area (Å²) in [5.74, 6) is -1.64. The molecule has 0 aromatic heterocycles. The zero-order valence-electron chi connectivity index (χ0n) is 62.2. The first-order chi connectivity index (χ1) is 49.2. The van der Waals surface area contributed by atoms with Crippen LogP contribution in [0.4, 0.5) is 0 Å². The molecule has 0 aromatic rings. The molecule has 0 aliphatic heterocycles. The highest BCUT2D eigenvalue weighted by molar-refractivity contribution is 7.47. The summed E-state index contributed by atoms with van der Waals surface area (Å²) >= 11 is 0. The molecule has 0 aliphatic rings. The molecular formula is C83H134O16P2. The van der Waals surface area contributed by atoms with E-state index >= 15 is 0 Å². The number of aliphatic hydroxyl groups excluding tert-OH is 2. The number of phosphoric ester groups is 2. The van der Waals surface area contributed by atoms with E-state index in [0.717, 1.165) is 205 Å². The number of rotatable bonds is 70. The van der Waals surface area contributed by atoms with Crippen LogP contribution in [0.15, 0.2) is 182 Å². The molecule has 0 bridgehead atoms. The lowest BCUT2D eigenvalue weighted by atomic mass is 10.1. The first-order valence-electron chi connectivity index (χ1n) is 38.1. The number of allylic oxidation sites excluding steroid dienone is 30. The molecule has 4 N–H and O–H groups in total. The summed E-state index contributed by atoms with van der Waals surface area (Å²) in [5.41, 5.74) is 0. The number of esters is 3. The maximum atomic E-state index is 13.0. The van der Waals surface area contributed by atoms with Crippen LogP contribution in [0.25, 0.3) is 0 Å². The Hall–Kier alpha value is -5.35. The highest BCUT2D eigenvalue weighted by Gasteiger charge is 2.29. The number of aliphatic hydroxyl groups is 2. The minimum atomic E-state index is -4.95. The number of phosphoric acid groups is 2. The first kappa shape index (κ1) is 95.6. The van der Waals surface area contributed by atoms with Gasteiger partial charge in [0.15, 0.2) is 6.10 Å². The lowest BCUT2D eigenvalue weighted by molar-refractivity contribution is -0.161. The van der Waals surface area contributed by atoms with Crippen LogP contribution in [0.5, 0.6) is 0 Å². The lowest BCUT2D eigenvalue weighted by Crippen LogP contribution is -2.30. The molecule has 0 heterocycles. The van der Waals surface area contributed by atoms with E-state index in [2.05, 4.69) is 203 Å². The predicted octanol–water partition coefficient (Wildman–Crippen LogP) is 22.2. The van der Waals surface area contributed by atoms with Crippen molar-refractivity contribution in [1.82, 2.24) is 0 Å². The summed E-state index contributed by atoms with van der Waals surface area (Å²) in [6, 6.07) is 0. The number of ether oxygens (including phenoxy) is 3. The summed E-state index contributed by atoms with van der Waals surface area (Å²) < 4.78 is 61.1. The maximum absolute atomic E-state index is 13.0. The fourth-order valence-electron chi connectivity index (χ4n) is 9.41. The van der Waals surface area contributed by atoms with Crippen molar-refractivity contribution in [2.45, 2.75) is 283 Å². The second-order valence-corrected chi connectivity index (χ2v) is 27.6. The first-order valence-corrected chi connectivity index (χ1v) is 41.1. The van der Waals surface area contributed by atoms with Crippen LogP contribution in [0.2, 0.25) is 0 Å². The summed E-state index contributed by atoms with van der Waals surface area (Å²) in [4.78, 5) is 58.7. The number of carbonyl (C=O) groups is 3. The van der Waals surface area contributed by atoms with E-state index in [9.17, 15) is 43.5 Å². The van der Waals surface area contributed by atoms with Crippen molar-refractivity contribution in [3.05, 3.63) is 182 Å². The van der Waals surface area contributed by atoms with Crippen LogP contribution in [0.1, 0.15) is 265 Å². The third-order valence-corrected chi connectivity index (χ3v) is 17.0. The van der Waals surface area contributed by atoms with Crippen molar-refractivity contribution in [3.8, 4) is 0 Å². The van der Waals surface area contributed by atoms with Gasteiger partial charge in [0, 0.05) is 19.3 Å². The third kappa shape index (κ3) is 75.6. The number of carbonyl (C=O) groups excluding carboxylic acids is 3. The zero-order chi connectivity index (χ0) is 73.7. The van der Waals surface area contributed by atoms with Gasteiger partial charge in [0.25, 0.3) is 0 Å². The van der Waals surface area contributed by atoms with E-state index < -0.39 is 91.5 Å². The Kier molecular flexibility index (Phi) is 70.4. The Balaban J connectivity index is 4.73. The van der Waals surface area contributed by atoms with Gasteiger partial charge in [-0.25, -0.2) is 9.13 Å². The molecule has 16 nitrogen and oxygen atoms in total. The summed E-state index contributed by atoms with van der Waals surface area (Å²) in [7, 11) is -9.82. The molecule has 0 spiro atoms. The molecule has 0 fully saturated rings. The normalized spacial score (nSPS) is 15.0. The summed E-state index contributed by atoms with van der Waals surface area (Å²) in [5, 5.41) is 20.6. The van der Waals surface area contributed by atoms with E-state index in [4.69, 9.17) is 32.3 Å². The average molecular weight is 1450 g/mol. The topological polar surface area (TPSA) is 231 Å². The average Bonchev–Trinajstić information content (AvgIpc) is 0.990. The Morgan fingerprint density at radius 2 is 0.495 bits per heavy atom. The van der Waals surface area contributed by atoms with Crippen molar-refractivity contribution >= 4 is 33.6 Å². The standard InChI is InChI=1S/C83H134O16P2/c1-4-7-10-13-16-19-22-25-28-31-34-36-37-38-39-41-44-45-48-51-54-57-60-63-66-69-81(86)93-72-78(84)73-95-100(89,90)96-74-79(85)75-97-101(91,92)98-77-80(99-83(88)71-68-65-62-59-56-53-50-47-42-33-30-27-24-21-18-15-12-9-6-3)76-94-82(87)70-67-64-61-58-55-52-49-46-43-40-35-32-29-26-23-20-17-14-11-8-5-2/h7-12,16-21,25-30,34-36,38-40,42,44-47,49,78-80,84-85H,4-6,13-15,22-24,31-33,37,41,43,48,50-77H2,1-3H3,(H,89,90)(H,91,92)/b10-7-,11-8-,12-9-,19-16-,20-17-,21-18-,28-25-,29-26-,30-27-,36-34-,39-38-,40-35-,45-44-,47-42-,49-46-. The van der Waals surface area contributed by atoms with Crippen molar-refractivity contribution in [1.29, 1.82) is 0 Å². The van der Waals surface area contributed by atoms with Crippen LogP contribution in [0.3, 0.4) is 0 Å².